The second kappa shape index (κ2) is 2.54. The number of hydrogen-bond donors (Lipinski definition) is 1. The summed E-state index contributed by atoms with van der Waals surface area (Å²) in [4.78, 5) is 0. The standard InChI is InChI=1S/C7H11N3O/c8-4-6-5-9-10-2-1-3-11-7(6)10/h5H,1-4,8H2. The molecule has 4 heteroatoms. The van der Waals surface area contributed by atoms with Gasteiger partial charge in [-0.1, -0.05) is 0 Å². The maximum atomic E-state index is 5.49. The van der Waals surface area contributed by atoms with Crippen LogP contribution in [-0.4, -0.2) is 16.4 Å². The highest BCUT2D eigenvalue weighted by molar-refractivity contribution is 5.24. The van der Waals surface area contributed by atoms with E-state index in [9.17, 15) is 0 Å². The summed E-state index contributed by atoms with van der Waals surface area (Å²) in [6, 6.07) is 0. The summed E-state index contributed by atoms with van der Waals surface area (Å²) in [5, 5.41) is 4.14. The summed E-state index contributed by atoms with van der Waals surface area (Å²) in [6.45, 7) is 2.25. The minimum Gasteiger partial charge on any atom is -0.478 e. The molecule has 0 atom stereocenters. The van der Waals surface area contributed by atoms with E-state index in [1.54, 1.807) is 6.20 Å². The van der Waals surface area contributed by atoms with Crippen molar-refractivity contribution in [3.05, 3.63) is 11.8 Å². The average Bonchev–Trinajstić information content (AvgIpc) is 2.47. The van der Waals surface area contributed by atoms with E-state index in [-0.39, 0.29) is 0 Å². The normalized spacial score (nSPS) is 15.7. The van der Waals surface area contributed by atoms with Crippen molar-refractivity contribution in [3.63, 3.8) is 0 Å². The second-order valence-electron chi connectivity index (χ2n) is 2.60. The van der Waals surface area contributed by atoms with Crippen molar-refractivity contribution in [1.82, 2.24) is 9.78 Å². The van der Waals surface area contributed by atoms with E-state index in [2.05, 4.69) is 5.10 Å². The molecular formula is C7H11N3O. The number of ether oxygens (including phenoxy) is 1. The maximum absolute atomic E-state index is 5.49. The predicted octanol–water partition coefficient (Wildman–Crippen LogP) is 0.124. The monoisotopic (exact) mass is 153 g/mol. The minimum atomic E-state index is 0.509. The van der Waals surface area contributed by atoms with Crippen molar-refractivity contribution in [2.24, 2.45) is 5.73 Å². The van der Waals surface area contributed by atoms with Crippen molar-refractivity contribution in [2.45, 2.75) is 19.5 Å². The van der Waals surface area contributed by atoms with Gasteiger partial charge in [0, 0.05) is 25.1 Å². The van der Waals surface area contributed by atoms with Gasteiger partial charge in [-0.2, -0.15) is 5.10 Å². The van der Waals surface area contributed by atoms with Crippen LogP contribution in [0.5, 0.6) is 5.88 Å². The highest BCUT2D eigenvalue weighted by Gasteiger charge is 2.14. The van der Waals surface area contributed by atoms with Crippen LogP contribution in [0.3, 0.4) is 0 Å². The van der Waals surface area contributed by atoms with Crippen molar-refractivity contribution in [1.29, 1.82) is 0 Å². The van der Waals surface area contributed by atoms with Crippen molar-refractivity contribution in [3.8, 4) is 5.88 Å². The predicted molar refractivity (Wildman–Crippen MR) is 40.2 cm³/mol. The molecule has 11 heavy (non-hydrogen) atoms. The lowest BCUT2D eigenvalue weighted by molar-refractivity contribution is 0.228. The van der Waals surface area contributed by atoms with Gasteiger partial charge in [-0.05, 0) is 0 Å². The van der Waals surface area contributed by atoms with Crippen LogP contribution < -0.4 is 10.5 Å². The first-order valence-corrected chi connectivity index (χ1v) is 3.79. The zero-order valence-electron chi connectivity index (χ0n) is 6.29. The molecule has 0 spiro atoms. The van der Waals surface area contributed by atoms with E-state index in [4.69, 9.17) is 10.5 Å². The Morgan fingerprint density at radius 2 is 2.64 bits per heavy atom. The first-order valence-electron chi connectivity index (χ1n) is 3.79. The van der Waals surface area contributed by atoms with Crippen LogP contribution in [0.2, 0.25) is 0 Å². The van der Waals surface area contributed by atoms with Gasteiger partial charge in [0.2, 0.25) is 5.88 Å². The topological polar surface area (TPSA) is 53.1 Å². The number of fused-ring (bicyclic) bond motifs is 1. The van der Waals surface area contributed by atoms with E-state index in [1.807, 2.05) is 4.68 Å². The third-order valence-corrected chi connectivity index (χ3v) is 1.84. The molecule has 2 heterocycles. The third-order valence-electron chi connectivity index (χ3n) is 1.84. The molecule has 0 bridgehead atoms. The van der Waals surface area contributed by atoms with Crippen molar-refractivity contribution in [2.75, 3.05) is 6.61 Å². The lowest BCUT2D eigenvalue weighted by Crippen LogP contribution is -2.15. The van der Waals surface area contributed by atoms with Crippen LogP contribution in [0.4, 0.5) is 0 Å². The molecule has 0 aliphatic carbocycles. The Balaban J connectivity index is 2.38. The summed E-state index contributed by atoms with van der Waals surface area (Å²) < 4.78 is 7.27. The lowest BCUT2D eigenvalue weighted by Gasteiger charge is -2.15. The Labute approximate surface area is 64.9 Å². The van der Waals surface area contributed by atoms with E-state index >= 15 is 0 Å². The van der Waals surface area contributed by atoms with Gasteiger partial charge in [0.15, 0.2) is 0 Å². The molecule has 1 aromatic rings. The Morgan fingerprint density at radius 3 is 3.45 bits per heavy atom. The summed E-state index contributed by atoms with van der Waals surface area (Å²) in [5.41, 5.74) is 6.49. The number of nitrogens with two attached hydrogens (primary N) is 1. The molecule has 60 valence electrons. The maximum Gasteiger partial charge on any atom is 0.216 e. The Bertz CT molecular complexity index is 243. The van der Waals surface area contributed by atoms with Gasteiger partial charge in [0.25, 0.3) is 0 Å². The Kier molecular flexibility index (Phi) is 1.54. The highest BCUT2D eigenvalue weighted by atomic mass is 16.5. The summed E-state index contributed by atoms with van der Waals surface area (Å²) in [6.07, 6.45) is 2.82. The molecule has 0 saturated heterocycles. The number of aromatic nitrogens is 2. The molecule has 0 radical (unpaired) electrons. The molecular weight excluding hydrogens is 142 g/mol. The van der Waals surface area contributed by atoms with Crippen LogP contribution in [0.25, 0.3) is 0 Å². The molecule has 0 aromatic carbocycles. The largest absolute Gasteiger partial charge is 0.478 e. The van der Waals surface area contributed by atoms with Crippen LogP contribution in [0.1, 0.15) is 12.0 Å². The first kappa shape index (κ1) is 6.67. The second-order valence-corrected chi connectivity index (χ2v) is 2.60. The fraction of sp³-hybridized carbons (Fsp3) is 0.571. The summed E-state index contributed by atoms with van der Waals surface area (Å²) >= 11 is 0. The van der Waals surface area contributed by atoms with Crippen LogP contribution >= 0.6 is 0 Å². The van der Waals surface area contributed by atoms with Gasteiger partial charge in [-0.15, -0.1) is 0 Å². The lowest BCUT2D eigenvalue weighted by atomic mass is 10.3. The molecule has 2 N–H and O–H groups in total. The van der Waals surface area contributed by atoms with Gasteiger partial charge in [-0.3, -0.25) is 0 Å². The van der Waals surface area contributed by atoms with E-state index < -0.39 is 0 Å². The zero-order chi connectivity index (χ0) is 7.68. The SMILES string of the molecule is NCc1cnn2c1OCCC2. The molecule has 1 aromatic heterocycles. The third kappa shape index (κ3) is 0.991. The van der Waals surface area contributed by atoms with Crippen LogP contribution in [0, 0.1) is 0 Å². The van der Waals surface area contributed by atoms with Gasteiger partial charge in [0.1, 0.15) is 0 Å². The summed E-state index contributed by atoms with van der Waals surface area (Å²) in [7, 11) is 0. The Hall–Kier alpha value is -1.03. The molecule has 0 saturated carbocycles. The quantitative estimate of drug-likeness (QED) is 0.623. The number of nitrogens with zero attached hydrogens (tertiary/aromatic N) is 2. The molecule has 4 nitrogen and oxygen atoms in total. The van der Waals surface area contributed by atoms with Crippen LogP contribution in [0.15, 0.2) is 6.20 Å². The fourth-order valence-corrected chi connectivity index (χ4v) is 1.26. The number of aryl methyl sites for hydroxylation is 1. The average molecular weight is 153 g/mol. The molecule has 1 aliphatic rings. The molecule has 0 fully saturated rings. The summed E-state index contributed by atoms with van der Waals surface area (Å²) in [5.74, 6) is 0.860. The first-order chi connectivity index (χ1) is 5.42. The van der Waals surface area contributed by atoms with Gasteiger partial charge in [-0.25, -0.2) is 4.68 Å². The van der Waals surface area contributed by atoms with Gasteiger partial charge >= 0.3 is 0 Å². The van der Waals surface area contributed by atoms with Crippen LogP contribution in [-0.2, 0) is 13.1 Å². The van der Waals surface area contributed by atoms with E-state index in [0.29, 0.717) is 6.54 Å². The molecule has 1 aliphatic heterocycles. The number of hydrogen-bond acceptors (Lipinski definition) is 3. The van der Waals surface area contributed by atoms with E-state index in [0.717, 1.165) is 31.0 Å². The fourth-order valence-electron chi connectivity index (χ4n) is 1.26. The number of rotatable bonds is 1. The van der Waals surface area contributed by atoms with E-state index in [1.165, 1.54) is 0 Å². The molecule has 0 amide bonds. The zero-order valence-corrected chi connectivity index (χ0v) is 6.29. The Morgan fingerprint density at radius 1 is 1.73 bits per heavy atom. The van der Waals surface area contributed by atoms with Crippen molar-refractivity contribution < 1.29 is 4.74 Å². The van der Waals surface area contributed by atoms with Gasteiger partial charge in [0.05, 0.1) is 12.8 Å². The van der Waals surface area contributed by atoms with Gasteiger partial charge < -0.3 is 10.5 Å². The smallest absolute Gasteiger partial charge is 0.216 e. The van der Waals surface area contributed by atoms with Crippen molar-refractivity contribution >= 4 is 0 Å². The minimum absolute atomic E-state index is 0.509. The molecule has 0 unspecified atom stereocenters. The molecule has 2 rings (SSSR count). The highest BCUT2D eigenvalue weighted by Crippen LogP contribution is 2.21.